The lowest BCUT2D eigenvalue weighted by atomic mass is 9.43. The Morgan fingerprint density at radius 2 is 0.850 bits per heavy atom. The number of fused-ring (bicyclic) bond motifs is 5. The third-order valence-corrected chi connectivity index (χ3v) is 10.6. The second-order valence-corrected chi connectivity index (χ2v) is 12.0. The van der Waals surface area contributed by atoms with Gasteiger partial charge in [0, 0.05) is 0 Å². The standard InChI is InChI=1S/C38H32O2/c1-25-30(26-17-9-5-10-18-26)38(29-23-15-8-16-24-29)36(3)32(28-21-13-7-14-22-28)31(27-19-11-6-12-20-27)35(2,34(36)40)37(38,4)33(25)39/h5-24H,1-4H3/t35-,36-,37-,38-/m1/s1. The van der Waals surface area contributed by atoms with Crippen LogP contribution in [0, 0.1) is 16.2 Å². The summed E-state index contributed by atoms with van der Waals surface area (Å²) in [5.74, 6) is 0.189. The van der Waals surface area contributed by atoms with Crippen molar-refractivity contribution in [2.45, 2.75) is 33.1 Å². The fraction of sp³-hybridized carbons (Fsp3) is 0.211. The Kier molecular flexibility index (Phi) is 5.01. The molecule has 7 rings (SSSR count). The second kappa shape index (κ2) is 8.11. The van der Waals surface area contributed by atoms with E-state index in [1.807, 2.05) is 79.7 Å². The zero-order chi connectivity index (χ0) is 27.9. The fourth-order valence-corrected chi connectivity index (χ4v) is 9.13. The Morgan fingerprint density at radius 1 is 0.475 bits per heavy atom. The lowest BCUT2D eigenvalue weighted by molar-refractivity contribution is -0.134. The van der Waals surface area contributed by atoms with Crippen molar-refractivity contribution in [1.82, 2.24) is 0 Å². The summed E-state index contributed by atoms with van der Waals surface area (Å²) in [6.45, 7) is 8.23. The topological polar surface area (TPSA) is 34.1 Å². The number of hydrogen-bond donors (Lipinski definition) is 0. The quantitative estimate of drug-likeness (QED) is 0.272. The van der Waals surface area contributed by atoms with Crippen LogP contribution in [0.25, 0.3) is 16.7 Å². The first-order valence-corrected chi connectivity index (χ1v) is 14.1. The van der Waals surface area contributed by atoms with Gasteiger partial charge in [0.25, 0.3) is 0 Å². The SMILES string of the molecule is CC1=C(c2ccccc2)[C@]2(c3ccccc3)[C@@]3(C)C(=O)[C@@](C)(C(c4ccccc4)=C3c3ccccc3)[C@@]2(C)C1=O. The number of hydrogen-bond acceptors (Lipinski definition) is 2. The zero-order valence-electron chi connectivity index (χ0n) is 23.4. The average molecular weight is 521 g/mol. The summed E-state index contributed by atoms with van der Waals surface area (Å²) >= 11 is 0. The molecule has 2 heteroatoms. The maximum Gasteiger partial charge on any atom is 0.167 e. The molecule has 0 heterocycles. The average Bonchev–Trinajstić information content (AvgIpc) is 3.37. The van der Waals surface area contributed by atoms with E-state index >= 15 is 4.79 Å². The summed E-state index contributed by atoms with van der Waals surface area (Å²) in [5.41, 5.74) is 3.79. The van der Waals surface area contributed by atoms with Crippen LogP contribution < -0.4 is 0 Å². The predicted octanol–water partition coefficient (Wildman–Crippen LogP) is 8.21. The van der Waals surface area contributed by atoms with Gasteiger partial charge in [-0.3, -0.25) is 9.59 Å². The van der Waals surface area contributed by atoms with E-state index in [1.54, 1.807) is 0 Å². The van der Waals surface area contributed by atoms with Crippen LogP contribution >= 0.6 is 0 Å². The maximum absolute atomic E-state index is 15.4. The summed E-state index contributed by atoms with van der Waals surface area (Å²) in [5, 5.41) is 0. The van der Waals surface area contributed by atoms with Crippen molar-refractivity contribution in [3.8, 4) is 0 Å². The molecule has 0 spiro atoms. The molecule has 1 saturated carbocycles. The zero-order valence-corrected chi connectivity index (χ0v) is 23.4. The van der Waals surface area contributed by atoms with Gasteiger partial charge in [0.1, 0.15) is 0 Å². The summed E-state index contributed by atoms with van der Waals surface area (Å²) in [4.78, 5) is 30.3. The molecule has 3 aliphatic rings. The lowest BCUT2D eigenvalue weighted by Gasteiger charge is -2.55. The smallest absolute Gasteiger partial charge is 0.167 e. The molecule has 4 aromatic rings. The normalized spacial score (nSPS) is 30.8. The maximum atomic E-state index is 15.4. The van der Waals surface area contributed by atoms with Crippen LogP contribution in [0.1, 0.15) is 49.9 Å². The summed E-state index contributed by atoms with van der Waals surface area (Å²) < 4.78 is 0. The third-order valence-electron chi connectivity index (χ3n) is 10.6. The summed E-state index contributed by atoms with van der Waals surface area (Å²) in [6.07, 6.45) is 0. The molecule has 0 saturated heterocycles. The van der Waals surface area contributed by atoms with Crippen LogP contribution in [0.5, 0.6) is 0 Å². The van der Waals surface area contributed by atoms with Crippen molar-refractivity contribution >= 4 is 28.3 Å². The van der Waals surface area contributed by atoms with Crippen molar-refractivity contribution < 1.29 is 9.59 Å². The monoisotopic (exact) mass is 520 g/mol. The van der Waals surface area contributed by atoms with Gasteiger partial charge in [0.2, 0.25) is 0 Å². The Balaban J connectivity index is 1.73. The van der Waals surface area contributed by atoms with Gasteiger partial charge in [-0.2, -0.15) is 0 Å². The highest BCUT2D eigenvalue weighted by atomic mass is 16.1. The fourth-order valence-electron chi connectivity index (χ4n) is 9.13. The molecule has 4 atom stereocenters. The first-order valence-electron chi connectivity index (χ1n) is 14.1. The van der Waals surface area contributed by atoms with Crippen molar-refractivity contribution in [2.24, 2.45) is 16.2 Å². The number of carbonyl (C=O) groups is 2. The van der Waals surface area contributed by atoms with Gasteiger partial charge in [0.05, 0.1) is 21.7 Å². The molecule has 0 aromatic heterocycles. The third kappa shape index (κ3) is 2.47. The van der Waals surface area contributed by atoms with E-state index in [0.29, 0.717) is 0 Å². The van der Waals surface area contributed by atoms with Crippen LogP contribution in [0.2, 0.25) is 0 Å². The highest BCUT2D eigenvalue weighted by molar-refractivity contribution is 6.33. The van der Waals surface area contributed by atoms with Crippen LogP contribution in [0.4, 0.5) is 0 Å². The molecule has 196 valence electrons. The molecule has 4 aromatic carbocycles. The first kappa shape index (κ1) is 24.7. The van der Waals surface area contributed by atoms with Crippen LogP contribution in [0.15, 0.2) is 127 Å². The Hall–Kier alpha value is -4.30. The van der Waals surface area contributed by atoms with E-state index in [1.165, 1.54) is 0 Å². The molecular weight excluding hydrogens is 488 g/mol. The van der Waals surface area contributed by atoms with Gasteiger partial charge in [0.15, 0.2) is 11.6 Å². The Labute approximate surface area is 236 Å². The molecule has 0 radical (unpaired) electrons. The molecular formula is C38H32O2. The number of rotatable bonds is 4. The largest absolute Gasteiger partial charge is 0.298 e. The molecule has 2 bridgehead atoms. The van der Waals surface area contributed by atoms with E-state index < -0.39 is 21.7 Å². The van der Waals surface area contributed by atoms with Gasteiger partial charge >= 0.3 is 0 Å². The van der Waals surface area contributed by atoms with Gasteiger partial charge in [-0.05, 0) is 72.2 Å². The second-order valence-electron chi connectivity index (χ2n) is 12.0. The summed E-state index contributed by atoms with van der Waals surface area (Å²) in [6, 6.07) is 41.1. The van der Waals surface area contributed by atoms with E-state index in [2.05, 4.69) is 69.3 Å². The minimum absolute atomic E-state index is 0.0651. The predicted molar refractivity (Wildman–Crippen MR) is 161 cm³/mol. The number of ketones is 2. The van der Waals surface area contributed by atoms with E-state index in [-0.39, 0.29) is 11.6 Å². The number of benzene rings is 4. The van der Waals surface area contributed by atoms with Crippen molar-refractivity contribution in [3.63, 3.8) is 0 Å². The van der Waals surface area contributed by atoms with E-state index in [4.69, 9.17) is 0 Å². The molecule has 0 aliphatic heterocycles. The molecule has 1 fully saturated rings. The Bertz CT molecular complexity index is 1750. The minimum atomic E-state index is -1.06. The van der Waals surface area contributed by atoms with E-state index in [0.717, 1.165) is 44.5 Å². The molecule has 0 amide bonds. The number of carbonyl (C=O) groups excluding carboxylic acids is 2. The summed E-state index contributed by atoms with van der Waals surface area (Å²) in [7, 11) is 0. The number of allylic oxidation sites excluding steroid dienone is 4. The molecule has 40 heavy (non-hydrogen) atoms. The van der Waals surface area contributed by atoms with Crippen molar-refractivity contribution in [2.75, 3.05) is 0 Å². The van der Waals surface area contributed by atoms with Crippen LogP contribution in [0.3, 0.4) is 0 Å². The van der Waals surface area contributed by atoms with Crippen molar-refractivity contribution in [1.29, 1.82) is 0 Å². The van der Waals surface area contributed by atoms with Crippen molar-refractivity contribution in [3.05, 3.63) is 149 Å². The van der Waals surface area contributed by atoms with Gasteiger partial charge in [-0.15, -0.1) is 0 Å². The molecule has 0 N–H and O–H groups in total. The highest BCUT2D eigenvalue weighted by Crippen LogP contribution is 2.86. The first-order chi connectivity index (χ1) is 19.3. The molecule has 0 unspecified atom stereocenters. The highest BCUT2D eigenvalue weighted by Gasteiger charge is 2.88. The Morgan fingerprint density at radius 3 is 1.30 bits per heavy atom. The van der Waals surface area contributed by atoms with Gasteiger partial charge < -0.3 is 0 Å². The van der Waals surface area contributed by atoms with E-state index in [9.17, 15) is 4.79 Å². The molecule has 3 aliphatic carbocycles. The lowest BCUT2D eigenvalue weighted by Crippen LogP contribution is -2.56. The van der Waals surface area contributed by atoms with Gasteiger partial charge in [-0.25, -0.2) is 0 Å². The molecule has 2 nitrogen and oxygen atoms in total. The van der Waals surface area contributed by atoms with Gasteiger partial charge in [-0.1, -0.05) is 121 Å². The number of Topliss-reactive ketones (excluding diaryl/α,β-unsaturated/α-hetero) is 2. The van der Waals surface area contributed by atoms with Crippen LogP contribution in [-0.2, 0) is 15.0 Å². The minimum Gasteiger partial charge on any atom is -0.298 e. The van der Waals surface area contributed by atoms with Crippen LogP contribution in [-0.4, -0.2) is 11.6 Å².